The lowest BCUT2D eigenvalue weighted by Gasteiger charge is -2.26. The summed E-state index contributed by atoms with van der Waals surface area (Å²) >= 11 is 0. The van der Waals surface area contributed by atoms with Crippen LogP contribution < -0.4 is 4.74 Å². The number of aromatic nitrogens is 1. The molecule has 24 heavy (non-hydrogen) atoms. The Kier molecular flexibility index (Phi) is 5.11. The number of aliphatic hydroxyl groups excluding tert-OH is 1. The highest BCUT2D eigenvalue weighted by atomic mass is 16.5. The number of hydrogen-bond donors (Lipinski definition) is 1. The summed E-state index contributed by atoms with van der Waals surface area (Å²) in [6.07, 6.45) is 5.48. The van der Waals surface area contributed by atoms with Crippen molar-refractivity contribution in [2.24, 2.45) is 0 Å². The molecular weight excluding hydrogens is 304 g/mol. The van der Waals surface area contributed by atoms with Crippen molar-refractivity contribution >= 4 is 5.91 Å². The van der Waals surface area contributed by atoms with Crippen molar-refractivity contribution in [3.05, 3.63) is 54.4 Å². The number of nitrogens with zero attached hydrogens (tertiary/aromatic N) is 2. The topological polar surface area (TPSA) is 62.7 Å². The molecule has 1 amide bonds. The maximum atomic E-state index is 12.8. The molecule has 2 heterocycles. The van der Waals surface area contributed by atoms with Gasteiger partial charge in [-0.25, -0.2) is 0 Å². The van der Waals surface area contributed by atoms with Crippen molar-refractivity contribution in [2.45, 2.75) is 38.3 Å². The van der Waals surface area contributed by atoms with Gasteiger partial charge in [-0.3, -0.25) is 9.78 Å². The summed E-state index contributed by atoms with van der Waals surface area (Å²) in [4.78, 5) is 18.7. The van der Waals surface area contributed by atoms with E-state index < -0.39 is 6.10 Å². The van der Waals surface area contributed by atoms with Crippen LogP contribution in [0, 0.1) is 0 Å². The van der Waals surface area contributed by atoms with Gasteiger partial charge in [-0.05, 0) is 56.5 Å². The number of rotatable bonds is 5. The van der Waals surface area contributed by atoms with Gasteiger partial charge in [-0.2, -0.15) is 0 Å². The van der Waals surface area contributed by atoms with E-state index in [2.05, 4.69) is 4.98 Å². The van der Waals surface area contributed by atoms with Crippen LogP contribution in [-0.2, 0) is 0 Å². The quantitative estimate of drug-likeness (QED) is 0.916. The Morgan fingerprint density at radius 2 is 2.12 bits per heavy atom. The molecule has 1 saturated heterocycles. The van der Waals surface area contributed by atoms with Gasteiger partial charge in [0.2, 0.25) is 0 Å². The lowest BCUT2D eigenvalue weighted by molar-refractivity contribution is 0.0681. The zero-order valence-electron chi connectivity index (χ0n) is 13.8. The Morgan fingerprint density at radius 1 is 1.33 bits per heavy atom. The Labute approximate surface area is 141 Å². The standard InChI is InChI=1S/C19H22N2O3/c1-14(22)12-16-5-3-11-21(16)19(23)15-4-2-6-18(13-15)24-17-7-9-20-10-8-17/h2,4,6-10,13-14,16,22H,3,5,11-12H2,1H3. The predicted octanol–water partition coefficient (Wildman–Crippen LogP) is 3.25. The third kappa shape index (κ3) is 3.92. The first kappa shape index (κ1) is 16.5. The Bertz CT molecular complexity index is 688. The van der Waals surface area contributed by atoms with Crippen LogP contribution >= 0.6 is 0 Å². The zero-order valence-corrected chi connectivity index (χ0v) is 13.8. The maximum Gasteiger partial charge on any atom is 0.254 e. The molecule has 1 aromatic heterocycles. The molecule has 3 rings (SSSR count). The number of amides is 1. The van der Waals surface area contributed by atoms with Crippen molar-refractivity contribution in [1.82, 2.24) is 9.88 Å². The Balaban J connectivity index is 1.74. The molecular formula is C19H22N2O3. The van der Waals surface area contributed by atoms with E-state index in [0.29, 0.717) is 23.5 Å². The molecule has 2 aromatic rings. The maximum absolute atomic E-state index is 12.8. The highest BCUT2D eigenvalue weighted by molar-refractivity contribution is 5.95. The van der Waals surface area contributed by atoms with E-state index in [-0.39, 0.29) is 11.9 Å². The first-order chi connectivity index (χ1) is 11.6. The molecule has 1 aliphatic rings. The molecule has 0 bridgehead atoms. The van der Waals surface area contributed by atoms with Crippen LogP contribution in [0.15, 0.2) is 48.8 Å². The Hall–Kier alpha value is -2.40. The summed E-state index contributed by atoms with van der Waals surface area (Å²) in [5.41, 5.74) is 0.610. The lowest BCUT2D eigenvalue weighted by Crippen LogP contribution is -2.37. The number of hydrogen-bond acceptors (Lipinski definition) is 4. The number of carbonyl (C=O) groups is 1. The molecule has 1 fully saturated rings. The van der Waals surface area contributed by atoms with Crippen LogP contribution in [0.2, 0.25) is 0 Å². The molecule has 126 valence electrons. The summed E-state index contributed by atoms with van der Waals surface area (Å²) in [6.45, 7) is 2.51. The minimum Gasteiger partial charge on any atom is -0.457 e. The third-order valence-electron chi connectivity index (χ3n) is 4.22. The second-order valence-corrected chi connectivity index (χ2v) is 6.19. The summed E-state index contributed by atoms with van der Waals surface area (Å²) < 4.78 is 5.77. The molecule has 0 saturated carbocycles. The Morgan fingerprint density at radius 3 is 2.88 bits per heavy atom. The van der Waals surface area contributed by atoms with Crippen LogP contribution in [0.3, 0.4) is 0 Å². The molecule has 1 aromatic carbocycles. The van der Waals surface area contributed by atoms with Gasteiger partial charge in [0.05, 0.1) is 6.10 Å². The van der Waals surface area contributed by atoms with Crippen LogP contribution in [-0.4, -0.2) is 39.6 Å². The first-order valence-electron chi connectivity index (χ1n) is 8.30. The van der Waals surface area contributed by atoms with E-state index in [1.54, 1.807) is 43.6 Å². The van der Waals surface area contributed by atoms with Gasteiger partial charge in [0.25, 0.3) is 5.91 Å². The molecule has 0 spiro atoms. The minimum absolute atomic E-state index is 0.00155. The minimum atomic E-state index is -0.398. The molecule has 1 aliphatic heterocycles. The van der Waals surface area contributed by atoms with Gasteiger partial charge in [-0.15, -0.1) is 0 Å². The summed E-state index contributed by atoms with van der Waals surface area (Å²) in [6, 6.07) is 10.9. The SMILES string of the molecule is CC(O)CC1CCCN1C(=O)c1cccc(Oc2ccncc2)c1. The van der Waals surface area contributed by atoms with Crippen molar-refractivity contribution in [2.75, 3.05) is 6.54 Å². The van der Waals surface area contributed by atoms with E-state index in [1.165, 1.54) is 0 Å². The molecule has 2 unspecified atom stereocenters. The van der Waals surface area contributed by atoms with E-state index in [0.717, 1.165) is 19.4 Å². The third-order valence-corrected chi connectivity index (χ3v) is 4.22. The normalized spacial score (nSPS) is 18.4. The van der Waals surface area contributed by atoms with E-state index in [4.69, 9.17) is 4.74 Å². The van der Waals surface area contributed by atoms with Crippen LogP contribution in [0.25, 0.3) is 0 Å². The van der Waals surface area contributed by atoms with E-state index in [9.17, 15) is 9.90 Å². The van der Waals surface area contributed by atoms with Gasteiger partial charge in [0.15, 0.2) is 0 Å². The number of carbonyl (C=O) groups excluding carboxylic acids is 1. The number of likely N-dealkylation sites (tertiary alicyclic amines) is 1. The highest BCUT2D eigenvalue weighted by Crippen LogP contribution is 2.26. The molecule has 5 heteroatoms. The molecule has 1 N–H and O–H groups in total. The highest BCUT2D eigenvalue weighted by Gasteiger charge is 2.30. The van der Waals surface area contributed by atoms with Crippen LogP contribution in [0.4, 0.5) is 0 Å². The second kappa shape index (κ2) is 7.45. The number of ether oxygens (including phenoxy) is 1. The van der Waals surface area contributed by atoms with Gasteiger partial charge >= 0.3 is 0 Å². The van der Waals surface area contributed by atoms with Gasteiger partial charge in [0.1, 0.15) is 11.5 Å². The predicted molar refractivity (Wildman–Crippen MR) is 91.1 cm³/mol. The number of benzene rings is 1. The van der Waals surface area contributed by atoms with Crippen molar-refractivity contribution in [3.63, 3.8) is 0 Å². The van der Waals surface area contributed by atoms with Gasteiger partial charge < -0.3 is 14.7 Å². The van der Waals surface area contributed by atoms with Gasteiger partial charge in [-0.1, -0.05) is 6.07 Å². The molecule has 5 nitrogen and oxygen atoms in total. The van der Waals surface area contributed by atoms with Crippen molar-refractivity contribution in [3.8, 4) is 11.5 Å². The van der Waals surface area contributed by atoms with Crippen LogP contribution in [0.1, 0.15) is 36.5 Å². The second-order valence-electron chi connectivity index (χ2n) is 6.19. The summed E-state index contributed by atoms with van der Waals surface area (Å²) in [5, 5.41) is 9.63. The number of pyridine rings is 1. The summed E-state index contributed by atoms with van der Waals surface area (Å²) in [7, 11) is 0. The zero-order chi connectivity index (χ0) is 16.9. The fraction of sp³-hybridized carbons (Fsp3) is 0.368. The monoisotopic (exact) mass is 326 g/mol. The van der Waals surface area contributed by atoms with Crippen LogP contribution in [0.5, 0.6) is 11.5 Å². The molecule has 0 radical (unpaired) electrons. The molecule has 2 atom stereocenters. The van der Waals surface area contributed by atoms with Crippen molar-refractivity contribution in [1.29, 1.82) is 0 Å². The fourth-order valence-electron chi connectivity index (χ4n) is 3.14. The van der Waals surface area contributed by atoms with E-state index >= 15 is 0 Å². The van der Waals surface area contributed by atoms with E-state index in [1.807, 2.05) is 17.0 Å². The first-order valence-corrected chi connectivity index (χ1v) is 8.30. The average Bonchev–Trinajstić information content (AvgIpc) is 3.02. The smallest absolute Gasteiger partial charge is 0.254 e. The lowest BCUT2D eigenvalue weighted by atomic mass is 10.1. The fourth-order valence-corrected chi connectivity index (χ4v) is 3.14. The average molecular weight is 326 g/mol. The largest absolute Gasteiger partial charge is 0.457 e. The molecule has 0 aliphatic carbocycles. The van der Waals surface area contributed by atoms with Gasteiger partial charge in [0, 0.05) is 30.5 Å². The summed E-state index contributed by atoms with van der Waals surface area (Å²) in [5.74, 6) is 1.31. The van der Waals surface area contributed by atoms with Crippen molar-refractivity contribution < 1.29 is 14.6 Å². The number of aliphatic hydroxyl groups is 1.